The molecule has 2 aliphatic heterocycles. The predicted molar refractivity (Wildman–Crippen MR) is 137 cm³/mol. The van der Waals surface area contributed by atoms with Crippen molar-refractivity contribution in [1.29, 1.82) is 0 Å². The van der Waals surface area contributed by atoms with E-state index in [1.807, 2.05) is 54.3 Å². The first kappa shape index (κ1) is 23.7. The van der Waals surface area contributed by atoms with Crippen LogP contribution in [0.3, 0.4) is 0 Å². The van der Waals surface area contributed by atoms with Crippen LogP contribution in [0.25, 0.3) is 11.4 Å². The molecule has 0 saturated carbocycles. The van der Waals surface area contributed by atoms with E-state index in [0.717, 1.165) is 65.9 Å². The van der Waals surface area contributed by atoms with Crippen molar-refractivity contribution >= 4 is 39.1 Å². The van der Waals surface area contributed by atoms with Gasteiger partial charge in [-0.3, -0.25) is 14.5 Å². The number of likely N-dealkylation sites (tertiary alicyclic amines) is 1. The quantitative estimate of drug-likeness (QED) is 0.486. The normalized spacial score (nSPS) is 17.2. The molecule has 0 radical (unpaired) electrons. The van der Waals surface area contributed by atoms with Crippen LogP contribution in [-0.4, -0.2) is 46.5 Å². The van der Waals surface area contributed by atoms with Crippen LogP contribution in [-0.2, 0) is 16.1 Å². The molecule has 9 heteroatoms. The van der Waals surface area contributed by atoms with Crippen molar-refractivity contribution in [1.82, 2.24) is 15.0 Å². The summed E-state index contributed by atoms with van der Waals surface area (Å²) < 4.78 is 6.42. The van der Waals surface area contributed by atoms with E-state index < -0.39 is 0 Å². The molecule has 8 nitrogen and oxygen atoms in total. The molecule has 2 aliphatic rings. The van der Waals surface area contributed by atoms with Crippen molar-refractivity contribution in [3.8, 4) is 11.4 Å². The molecule has 1 N–H and O–H groups in total. The van der Waals surface area contributed by atoms with Gasteiger partial charge in [-0.2, -0.15) is 4.98 Å². The third-order valence-corrected chi connectivity index (χ3v) is 7.19. The average Bonchev–Trinajstić information content (AvgIpc) is 3.49. The number of aromatic nitrogens is 2. The van der Waals surface area contributed by atoms with Gasteiger partial charge in [0.15, 0.2) is 0 Å². The number of piperidine rings is 1. The minimum absolute atomic E-state index is 0.0358. The highest BCUT2D eigenvalue weighted by Crippen LogP contribution is 2.28. The van der Waals surface area contributed by atoms with Gasteiger partial charge in [0.2, 0.25) is 23.5 Å². The van der Waals surface area contributed by atoms with Crippen LogP contribution >= 0.6 is 15.9 Å². The maximum Gasteiger partial charge on any atom is 0.241 e. The molecule has 2 amide bonds. The molecule has 2 saturated heterocycles. The fourth-order valence-electron chi connectivity index (χ4n) is 4.79. The van der Waals surface area contributed by atoms with Crippen molar-refractivity contribution in [2.24, 2.45) is 5.92 Å². The second-order valence-corrected chi connectivity index (χ2v) is 10.1. The van der Waals surface area contributed by atoms with Gasteiger partial charge in [-0.1, -0.05) is 33.2 Å². The minimum Gasteiger partial charge on any atom is -0.338 e. The number of nitrogens with one attached hydrogen (secondary N) is 1. The number of hydrogen-bond acceptors (Lipinski definition) is 6. The highest BCUT2D eigenvalue weighted by Gasteiger charge is 2.27. The summed E-state index contributed by atoms with van der Waals surface area (Å²) in [5, 5.41) is 7.17. The third-order valence-electron chi connectivity index (χ3n) is 6.70. The van der Waals surface area contributed by atoms with Crippen LogP contribution in [0.4, 0.5) is 11.4 Å². The molecular formula is C26H28BrN5O3. The van der Waals surface area contributed by atoms with Gasteiger partial charge in [0.1, 0.15) is 0 Å². The van der Waals surface area contributed by atoms with Crippen LogP contribution in [0.2, 0.25) is 0 Å². The molecule has 0 unspecified atom stereocenters. The summed E-state index contributed by atoms with van der Waals surface area (Å²) in [6.07, 6.45) is 3.05. The van der Waals surface area contributed by atoms with Gasteiger partial charge in [0.25, 0.3) is 0 Å². The number of nitrogens with zero attached hydrogens (tertiary/aromatic N) is 4. The Labute approximate surface area is 212 Å². The molecule has 2 fully saturated rings. The number of amides is 2. The number of carbonyl (C=O) groups excluding carboxylic acids is 2. The van der Waals surface area contributed by atoms with Gasteiger partial charge in [-0.25, -0.2) is 0 Å². The molecule has 0 atom stereocenters. The zero-order valence-corrected chi connectivity index (χ0v) is 21.3. The summed E-state index contributed by atoms with van der Waals surface area (Å²) in [5.74, 6) is 1.33. The summed E-state index contributed by atoms with van der Waals surface area (Å²) in [7, 11) is 0. The van der Waals surface area contributed by atoms with E-state index in [-0.39, 0.29) is 17.7 Å². The van der Waals surface area contributed by atoms with Gasteiger partial charge >= 0.3 is 0 Å². The fourth-order valence-corrected chi connectivity index (χ4v) is 5.19. The number of rotatable bonds is 6. The molecule has 3 aromatic rings. The van der Waals surface area contributed by atoms with Crippen molar-refractivity contribution in [3.05, 3.63) is 58.4 Å². The summed E-state index contributed by atoms with van der Waals surface area (Å²) >= 11 is 3.47. The number of anilines is 2. The van der Waals surface area contributed by atoms with E-state index in [1.54, 1.807) is 0 Å². The van der Waals surface area contributed by atoms with Crippen molar-refractivity contribution in [2.45, 2.75) is 39.2 Å². The van der Waals surface area contributed by atoms with Crippen molar-refractivity contribution in [2.75, 3.05) is 29.9 Å². The van der Waals surface area contributed by atoms with Crippen molar-refractivity contribution in [3.63, 3.8) is 0 Å². The Morgan fingerprint density at radius 2 is 2.00 bits per heavy atom. The van der Waals surface area contributed by atoms with Crippen LogP contribution in [0.15, 0.2) is 51.5 Å². The van der Waals surface area contributed by atoms with Crippen LogP contribution in [0.5, 0.6) is 0 Å². The van der Waals surface area contributed by atoms with E-state index in [4.69, 9.17) is 4.52 Å². The SMILES string of the molecule is Cc1cc(NC(=O)C2CCN(Cc3nc(-c4cccc(Br)c4)no3)CC2)ccc1N1CCCC1=O. The smallest absolute Gasteiger partial charge is 0.241 e. The summed E-state index contributed by atoms with van der Waals surface area (Å²) in [6.45, 7) is 4.90. The zero-order valence-electron chi connectivity index (χ0n) is 19.7. The number of hydrogen-bond donors (Lipinski definition) is 1. The number of aryl methyl sites for hydroxylation is 1. The summed E-state index contributed by atoms with van der Waals surface area (Å²) in [4.78, 5) is 33.5. The molecule has 3 heterocycles. The molecule has 182 valence electrons. The molecule has 0 aliphatic carbocycles. The second-order valence-electron chi connectivity index (χ2n) is 9.21. The van der Waals surface area contributed by atoms with Gasteiger partial charge < -0.3 is 14.7 Å². The molecule has 2 aromatic carbocycles. The van der Waals surface area contributed by atoms with E-state index in [9.17, 15) is 9.59 Å². The Kier molecular flexibility index (Phi) is 6.97. The molecule has 0 spiro atoms. The maximum absolute atomic E-state index is 12.9. The molecular weight excluding hydrogens is 510 g/mol. The summed E-state index contributed by atoms with van der Waals surface area (Å²) in [5.41, 5.74) is 3.61. The first-order valence-electron chi connectivity index (χ1n) is 12.0. The minimum atomic E-state index is -0.0358. The van der Waals surface area contributed by atoms with Gasteiger partial charge in [-0.05, 0) is 75.2 Å². The van der Waals surface area contributed by atoms with Crippen LogP contribution in [0.1, 0.15) is 37.1 Å². The first-order chi connectivity index (χ1) is 17.0. The second kappa shape index (κ2) is 10.3. The van der Waals surface area contributed by atoms with E-state index in [1.165, 1.54) is 0 Å². The largest absolute Gasteiger partial charge is 0.338 e. The lowest BCUT2D eigenvalue weighted by molar-refractivity contribution is -0.121. The highest BCUT2D eigenvalue weighted by molar-refractivity contribution is 9.10. The monoisotopic (exact) mass is 537 g/mol. The number of benzene rings is 2. The molecule has 5 rings (SSSR count). The Bertz CT molecular complexity index is 1240. The first-order valence-corrected chi connectivity index (χ1v) is 12.8. The standard InChI is InChI=1S/C26H28BrN5O3/c1-17-14-21(7-8-22(17)32-11-3-6-24(32)33)28-26(34)18-9-12-31(13-10-18)16-23-29-25(30-35-23)19-4-2-5-20(27)15-19/h2,4-5,7-8,14-15,18H,3,6,9-13,16H2,1H3,(H,28,34). The Morgan fingerprint density at radius 3 is 2.71 bits per heavy atom. The average molecular weight is 538 g/mol. The highest BCUT2D eigenvalue weighted by atomic mass is 79.9. The third kappa shape index (κ3) is 5.46. The molecule has 1 aromatic heterocycles. The number of halogens is 1. The van der Waals surface area contributed by atoms with Crippen LogP contribution in [0, 0.1) is 12.8 Å². The van der Waals surface area contributed by atoms with E-state index in [0.29, 0.717) is 24.7 Å². The lowest BCUT2D eigenvalue weighted by atomic mass is 9.95. The maximum atomic E-state index is 12.9. The fraction of sp³-hybridized carbons (Fsp3) is 0.385. The molecule has 0 bridgehead atoms. The lowest BCUT2D eigenvalue weighted by Crippen LogP contribution is -2.37. The topological polar surface area (TPSA) is 91.6 Å². The zero-order chi connectivity index (χ0) is 24.4. The Balaban J connectivity index is 1.13. The van der Waals surface area contributed by atoms with E-state index >= 15 is 0 Å². The van der Waals surface area contributed by atoms with E-state index in [2.05, 4.69) is 36.3 Å². The predicted octanol–water partition coefficient (Wildman–Crippen LogP) is 4.79. The van der Waals surface area contributed by atoms with Crippen LogP contribution < -0.4 is 10.2 Å². The van der Waals surface area contributed by atoms with Gasteiger partial charge in [0.05, 0.1) is 6.54 Å². The Morgan fingerprint density at radius 1 is 1.17 bits per heavy atom. The van der Waals surface area contributed by atoms with Gasteiger partial charge in [0, 0.05) is 40.3 Å². The summed E-state index contributed by atoms with van der Waals surface area (Å²) in [6, 6.07) is 13.6. The van der Waals surface area contributed by atoms with Gasteiger partial charge in [-0.15, -0.1) is 0 Å². The van der Waals surface area contributed by atoms with Crippen molar-refractivity contribution < 1.29 is 14.1 Å². The lowest BCUT2D eigenvalue weighted by Gasteiger charge is -2.30. The number of carbonyl (C=O) groups is 2. The Hall–Kier alpha value is -3.04. The molecule has 35 heavy (non-hydrogen) atoms.